The predicted octanol–water partition coefficient (Wildman–Crippen LogP) is 3.62. The normalized spacial score (nSPS) is 19.8. The van der Waals surface area contributed by atoms with Gasteiger partial charge in [-0.3, -0.25) is 0 Å². The lowest BCUT2D eigenvalue weighted by Crippen LogP contribution is -2.40. The van der Waals surface area contributed by atoms with E-state index in [2.05, 4.69) is 27.0 Å². The highest BCUT2D eigenvalue weighted by atomic mass is 35.5. The Balaban J connectivity index is 2.02. The number of para-hydroxylation sites is 1. The lowest BCUT2D eigenvalue weighted by Gasteiger charge is -2.37. The molecular formula is C15H18ClN3. The van der Waals surface area contributed by atoms with Crippen molar-refractivity contribution in [2.45, 2.75) is 31.7 Å². The quantitative estimate of drug-likeness (QED) is 0.801. The number of halogens is 1. The van der Waals surface area contributed by atoms with Gasteiger partial charge in [0.2, 0.25) is 0 Å². The summed E-state index contributed by atoms with van der Waals surface area (Å²) in [5, 5.41) is 1.14. The van der Waals surface area contributed by atoms with Crippen molar-refractivity contribution < 1.29 is 0 Å². The monoisotopic (exact) mass is 275 g/mol. The van der Waals surface area contributed by atoms with E-state index in [1.807, 2.05) is 12.1 Å². The van der Waals surface area contributed by atoms with Crippen LogP contribution >= 0.6 is 11.6 Å². The second kappa shape index (κ2) is 5.74. The molecule has 1 fully saturated rings. The van der Waals surface area contributed by atoms with Crippen molar-refractivity contribution in [1.29, 1.82) is 0 Å². The second-order valence-corrected chi connectivity index (χ2v) is 5.41. The molecule has 4 heteroatoms. The Hall–Kier alpha value is -1.35. The number of fused-ring (bicyclic) bond motifs is 1. The number of aromatic nitrogens is 2. The number of piperidine rings is 1. The summed E-state index contributed by atoms with van der Waals surface area (Å²) in [5.41, 5.74) is 1.02. The van der Waals surface area contributed by atoms with Gasteiger partial charge in [0.15, 0.2) is 0 Å². The zero-order valence-electron chi connectivity index (χ0n) is 10.9. The first-order valence-corrected chi connectivity index (χ1v) is 7.46. The van der Waals surface area contributed by atoms with E-state index < -0.39 is 0 Å². The fourth-order valence-corrected chi connectivity index (χ4v) is 3.18. The lowest BCUT2D eigenvalue weighted by molar-refractivity contribution is 0.449. The second-order valence-electron chi connectivity index (χ2n) is 5.04. The lowest BCUT2D eigenvalue weighted by atomic mass is 9.99. The van der Waals surface area contributed by atoms with E-state index in [-0.39, 0.29) is 0 Å². The van der Waals surface area contributed by atoms with Crippen molar-refractivity contribution in [3.63, 3.8) is 0 Å². The minimum Gasteiger partial charge on any atom is -0.353 e. The smallest absolute Gasteiger partial charge is 0.140 e. The van der Waals surface area contributed by atoms with Gasteiger partial charge in [-0.05, 0) is 37.8 Å². The highest BCUT2D eigenvalue weighted by Crippen LogP contribution is 2.29. The van der Waals surface area contributed by atoms with E-state index in [1.54, 1.807) is 6.33 Å². The molecule has 2 heterocycles. The minimum atomic E-state index is 0.518. The zero-order chi connectivity index (χ0) is 13.1. The Labute approximate surface area is 118 Å². The van der Waals surface area contributed by atoms with E-state index in [4.69, 9.17) is 11.6 Å². The number of nitrogens with zero attached hydrogens (tertiary/aromatic N) is 3. The summed E-state index contributed by atoms with van der Waals surface area (Å²) in [6.07, 6.45) is 6.44. The topological polar surface area (TPSA) is 29.0 Å². The predicted molar refractivity (Wildman–Crippen MR) is 79.9 cm³/mol. The molecule has 1 unspecified atom stereocenters. The Bertz CT molecular complexity index is 551. The van der Waals surface area contributed by atoms with Crippen LogP contribution in [0.25, 0.3) is 10.9 Å². The third kappa shape index (κ3) is 2.52. The van der Waals surface area contributed by atoms with Crippen LogP contribution < -0.4 is 4.90 Å². The van der Waals surface area contributed by atoms with Crippen LogP contribution in [0.15, 0.2) is 30.6 Å². The highest BCUT2D eigenvalue weighted by molar-refractivity contribution is 6.17. The van der Waals surface area contributed by atoms with E-state index in [0.29, 0.717) is 11.9 Å². The Kier molecular flexibility index (Phi) is 3.83. The van der Waals surface area contributed by atoms with Crippen molar-refractivity contribution in [3.05, 3.63) is 30.6 Å². The molecule has 100 valence electrons. The minimum absolute atomic E-state index is 0.518. The van der Waals surface area contributed by atoms with Gasteiger partial charge in [-0.15, -0.1) is 11.6 Å². The maximum atomic E-state index is 5.95. The first-order chi connectivity index (χ1) is 9.40. The van der Waals surface area contributed by atoms with Crippen molar-refractivity contribution in [3.8, 4) is 0 Å². The summed E-state index contributed by atoms with van der Waals surface area (Å²) in [5.74, 6) is 1.78. The first kappa shape index (κ1) is 12.7. The van der Waals surface area contributed by atoms with E-state index >= 15 is 0 Å². The summed E-state index contributed by atoms with van der Waals surface area (Å²) in [6.45, 7) is 1.07. The van der Waals surface area contributed by atoms with Crippen LogP contribution in [0.3, 0.4) is 0 Å². The molecule has 0 N–H and O–H groups in total. The molecule has 1 aliphatic heterocycles. The Morgan fingerprint density at radius 1 is 1.21 bits per heavy atom. The third-order valence-electron chi connectivity index (χ3n) is 3.86. The van der Waals surface area contributed by atoms with Crippen LogP contribution in [0.2, 0.25) is 0 Å². The van der Waals surface area contributed by atoms with Gasteiger partial charge in [-0.25, -0.2) is 9.97 Å². The number of hydrogen-bond donors (Lipinski definition) is 0. The molecule has 0 bridgehead atoms. The van der Waals surface area contributed by atoms with Gasteiger partial charge >= 0.3 is 0 Å². The molecule has 3 rings (SSSR count). The Morgan fingerprint density at radius 3 is 3.00 bits per heavy atom. The molecular weight excluding hydrogens is 258 g/mol. The van der Waals surface area contributed by atoms with Crippen LogP contribution in [-0.2, 0) is 0 Å². The summed E-state index contributed by atoms with van der Waals surface area (Å²) in [7, 11) is 0. The van der Waals surface area contributed by atoms with Crippen LogP contribution in [-0.4, -0.2) is 28.4 Å². The average molecular weight is 276 g/mol. The number of benzene rings is 1. The number of rotatable bonds is 3. The molecule has 1 aromatic heterocycles. The standard InChI is InChI=1S/C15H18ClN3/c16-9-8-12-5-3-4-10-19(12)15-13-6-1-2-7-14(13)17-11-18-15/h1-2,6-7,11-12H,3-5,8-10H2. The third-order valence-corrected chi connectivity index (χ3v) is 4.08. The van der Waals surface area contributed by atoms with Crippen molar-refractivity contribution >= 4 is 28.3 Å². The molecule has 0 amide bonds. The Morgan fingerprint density at radius 2 is 2.11 bits per heavy atom. The van der Waals surface area contributed by atoms with Gasteiger partial charge in [-0.1, -0.05) is 12.1 Å². The SMILES string of the molecule is ClCCC1CCCCN1c1ncnc2ccccc12. The molecule has 0 saturated carbocycles. The zero-order valence-corrected chi connectivity index (χ0v) is 11.7. The van der Waals surface area contributed by atoms with Crippen molar-refractivity contribution in [2.75, 3.05) is 17.3 Å². The fourth-order valence-electron chi connectivity index (χ4n) is 2.92. The molecule has 0 spiro atoms. The van der Waals surface area contributed by atoms with Crippen LogP contribution in [0, 0.1) is 0 Å². The first-order valence-electron chi connectivity index (χ1n) is 6.92. The number of hydrogen-bond acceptors (Lipinski definition) is 3. The molecule has 1 aliphatic rings. The van der Waals surface area contributed by atoms with Gasteiger partial charge in [-0.2, -0.15) is 0 Å². The van der Waals surface area contributed by atoms with Gasteiger partial charge in [0.05, 0.1) is 5.52 Å². The average Bonchev–Trinajstić information content (AvgIpc) is 2.48. The summed E-state index contributed by atoms with van der Waals surface area (Å²) >= 11 is 5.95. The molecule has 1 atom stereocenters. The number of anilines is 1. The maximum Gasteiger partial charge on any atom is 0.140 e. The molecule has 0 aliphatic carbocycles. The largest absolute Gasteiger partial charge is 0.353 e. The van der Waals surface area contributed by atoms with E-state index in [1.165, 1.54) is 19.3 Å². The molecule has 1 aromatic carbocycles. The van der Waals surface area contributed by atoms with Crippen LogP contribution in [0.5, 0.6) is 0 Å². The molecule has 3 nitrogen and oxygen atoms in total. The summed E-state index contributed by atoms with van der Waals surface area (Å²) < 4.78 is 0. The molecule has 19 heavy (non-hydrogen) atoms. The van der Waals surface area contributed by atoms with Crippen molar-refractivity contribution in [2.24, 2.45) is 0 Å². The molecule has 0 radical (unpaired) electrons. The summed E-state index contributed by atoms with van der Waals surface area (Å²) in [4.78, 5) is 11.3. The van der Waals surface area contributed by atoms with E-state index in [9.17, 15) is 0 Å². The van der Waals surface area contributed by atoms with E-state index in [0.717, 1.165) is 29.7 Å². The van der Waals surface area contributed by atoms with Gasteiger partial charge in [0.25, 0.3) is 0 Å². The fraction of sp³-hybridized carbons (Fsp3) is 0.467. The van der Waals surface area contributed by atoms with Gasteiger partial charge < -0.3 is 4.90 Å². The van der Waals surface area contributed by atoms with Crippen molar-refractivity contribution in [1.82, 2.24) is 9.97 Å². The molecule has 1 saturated heterocycles. The van der Waals surface area contributed by atoms with Gasteiger partial charge in [0.1, 0.15) is 12.1 Å². The number of alkyl halides is 1. The maximum absolute atomic E-state index is 5.95. The highest BCUT2D eigenvalue weighted by Gasteiger charge is 2.24. The van der Waals surface area contributed by atoms with Crippen LogP contribution in [0.4, 0.5) is 5.82 Å². The van der Waals surface area contributed by atoms with Crippen LogP contribution in [0.1, 0.15) is 25.7 Å². The van der Waals surface area contributed by atoms with Gasteiger partial charge in [0, 0.05) is 23.9 Å². The summed E-state index contributed by atoms with van der Waals surface area (Å²) in [6, 6.07) is 8.74. The molecule has 2 aromatic rings.